The molecule has 0 aliphatic rings. The van der Waals surface area contributed by atoms with Crippen LogP contribution in [0.3, 0.4) is 0 Å². The third-order valence-corrected chi connectivity index (χ3v) is 1.82. The Kier molecular flexibility index (Phi) is 2.46. The molecule has 0 bridgehead atoms. The van der Waals surface area contributed by atoms with Gasteiger partial charge in [0.2, 0.25) is 0 Å². The number of carboxylic acids is 1. The third-order valence-electron chi connectivity index (χ3n) is 1.82. The molecule has 13 heavy (non-hydrogen) atoms. The van der Waals surface area contributed by atoms with E-state index in [1.807, 2.05) is 0 Å². The van der Waals surface area contributed by atoms with Gasteiger partial charge in [0.25, 0.3) is 5.56 Å². The predicted molar refractivity (Wildman–Crippen MR) is 45.6 cm³/mol. The third kappa shape index (κ3) is 1.93. The van der Waals surface area contributed by atoms with E-state index in [2.05, 4.69) is 4.98 Å². The molecule has 0 saturated carbocycles. The lowest BCUT2D eigenvalue weighted by Crippen LogP contribution is -2.26. The molecule has 1 rings (SSSR count). The summed E-state index contributed by atoms with van der Waals surface area (Å²) in [6.45, 7) is 3.00. The van der Waals surface area contributed by atoms with E-state index in [0.717, 1.165) is 4.57 Å². The fourth-order valence-corrected chi connectivity index (χ4v) is 0.934. The number of carbonyl (C=O) groups is 1. The van der Waals surface area contributed by atoms with E-state index in [0.29, 0.717) is 11.3 Å². The normalized spacial score (nSPS) is 10.0. The quantitative estimate of drug-likeness (QED) is 0.695. The lowest BCUT2D eigenvalue weighted by molar-refractivity contribution is -0.137. The number of aromatic nitrogens is 2. The molecule has 0 radical (unpaired) electrons. The first-order valence-corrected chi connectivity index (χ1v) is 3.77. The van der Waals surface area contributed by atoms with Gasteiger partial charge in [-0.1, -0.05) is 0 Å². The van der Waals surface area contributed by atoms with Gasteiger partial charge in [0, 0.05) is 11.3 Å². The van der Waals surface area contributed by atoms with Crippen molar-refractivity contribution in [2.24, 2.45) is 0 Å². The maximum atomic E-state index is 11.4. The van der Waals surface area contributed by atoms with E-state index in [1.165, 1.54) is 6.33 Å². The van der Waals surface area contributed by atoms with Gasteiger partial charge in [0.05, 0.1) is 6.33 Å². The van der Waals surface area contributed by atoms with Crippen LogP contribution in [0.4, 0.5) is 0 Å². The Morgan fingerprint density at radius 3 is 2.77 bits per heavy atom. The average molecular weight is 182 g/mol. The predicted octanol–water partition coefficient (Wildman–Crippen LogP) is -0.0553. The van der Waals surface area contributed by atoms with Gasteiger partial charge in [0.15, 0.2) is 0 Å². The molecule has 0 aliphatic heterocycles. The molecule has 0 aromatic carbocycles. The fourth-order valence-electron chi connectivity index (χ4n) is 0.934. The van der Waals surface area contributed by atoms with Crippen molar-refractivity contribution in [2.45, 2.75) is 20.4 Å². The maximum Gasteiger partial charge on any atom is 0.323 e. The van der Waals surface area contributed by atoms with Crippen molar-refractivity contribution in [3.05, 3.63) is 27.9 Å². The van der Waals surface area contributed by atoms with Crippen molar-refractivity contribution in [1.82, 2.24) is 9.55 Å². The Labute approximate surface area is 74.7 Å². The van der Waals surface area contributed by atoms with E-state index in [4.69, 9.17) is 5.11 Å². The minimum atomic E-state index is -1.05. The zero-order valence-corrected chi connectivity index (χ0v) is 7.44. The van der Waals surface area contributed by atoms with Crippen LogP contribution in [0.15, 0.2) is 11.1 Å². The van der Waals surface area contributed by atoms with Gasteiger partial charge in [-0.2, -0.15) is 0 Å². The summed E-state index contributed by atoms with van der Waals surface area (Å²) in [5.74, 6) is -1.05. The molecular formula is C8H10N2O3. The highest BCUT2D eigenvalue weighted by atomic mass is 16.4. The summed E-state index contributed by atoms with van der Waals surface area (Å²) in [7, 11) is 0. The van der Waals surface area contributed by atoms with Crippen molar-refractivity contribution in [1.29, 1.82) is 0 Å². The summed E-state index contributed by atoms with van der Waals surface area (Å²) in [4.78, 5) is 25.6. The largest absolute Gasteiger partial charge is 0.480 e. The van der Waals surface area contributed by atoms with Crippen LogP contribution in [-0.2, 0) is 11.3 Å². The van der Waals surface area contributed by atoms with Crippen molar-refractivity contribution < 1.29 is 9.90 Å². The number of aliphatic carboxylic acids is 1. The second-order valence-electron chi connectivity index (χ2n) is 2.78. The van der Waals surface area contributed by atoms with E-state index >= 15 is 0 Å². The van der Waals surface area contributed by atoms with Crippen molar-refractivity contribution in [3.8, 4) is 0 Å². The summed E-state index contributed by atoms with van der Waals surface area (Å²) >= 11 is 0. The highest BCUT2D eigenvalue weighted by Crippen LogP contribution is 1.94. The first-order chi connectivity index (χ1) is 6.02. The molecule has 0 spiro atoms. The molecule has 0 fully saturated rings. The number of rotatable bonds is 2. The highest BCUT2D eigenvalue weighted by Gasteiger charge is 2.05. The highest BCUT2D eigenvalue weighted by molar-refractivity contribution is 5.66. The van der Waals surface area contributed by atoms with E-state index in [1.54, 1.807) is 13.8 Å². The van der Waals surface area contributed by atoms with Crippen molar-refractivity contribution in [2.75, 3.05) is 0 Å². The summed E-state index contributed by atoms with van der Waals surface area (Å²) in [5, 5.41) is 8.46. The molecule has 5 nitrogen and oxygen atoms in total. The van der Waals surface area contributed by atoms with Crippen LogP contribution in [0.5, 0.6) is 0 Å². The van der Waals surface area contributed by atoms with Crippen LogP contribution in [0.1, 0.15) is 11.3 Å². The molecule has 1 aromatic rings. The Hall–Kier alpha value is -1.65. The molecule has 0 atom stereocenters. The Bertz CT molecular complexity index is 395. The lowest BCUT2D eigenvalue weighted by atomic mass is 10.3. The van der Waals surface area contributed by atoms with E-state index < -0.39 is 5.97 Å². The molecule has 1 aromatic heterocycles. The first kappa shape index (κ1) is 9.44. The second-order valence-corrected chi connectivity index (χ2v) is 2.78. The van der Waals surface area contributed by atoms with Crippen LogP contribution in [-0.4, -0.2) is 20.6 Å². The maximum absolute atomic E-state index is 11.4. The average Bonchev–Trinajstić information content (AvgIpc) is 2.06. The SMILES string of the molecule is Cc1ncn(CC(=O)O)c(=O)c1C. The molecule has 1 heterocycles. The van der Waals surface area contributed by atoms with Crippen molar-refractivity contribution in [3.63, 3.8) is 0 Å². The number of aryl methyl sites for hydroxylation is 1. The number of carboxylic acid groups (broad SMARTS) is 1. The summed E-state index contributed by atoms with van der Waals surface area (Å²) < 4.78 is 1.07. The van der Waals surface area contributed by atoms with Crippen molar-refractivity contribution >= 4 is 5.97 Å². The van der Waals surface area contributed by atoms with Crippen LogP contribution in [0.2, 0.25) is 0 Å². The van der Waals surface area contributed by atoms with Gasteiger partial charge < -0.3 is 5.11 Å². The topological polar surface area (TPSA) is 72.2 Å². The molecule has 0 amide bonds. The summed E-state index contributed by atoms with van der Waals surface area (Å²) in [6.07, 6.45) is 1.25. The molecule has 0 aliphatic carbocycles. The molecule has 70 valence electrons. The molecular weight excluding hydrogens is 172 g/mol. The van der Waals surface area contributed by atoms with E-state index in [9.17, 15) is 9.59 Å². The fraction of sp³-hybridized carbons (Fsp3) is 0.375. The van der Waals surface area contributed by atoms with Gasteiger partial charge in [-0.05, 0) is 13.8 Å². The van der Waals surface area contributed by atoms with Crippen LogP contribution >= 0.6 is 0 Å². The second kappa shape index (κ2) is 3.38. The molecule has 0 unspecified atom stereocenters. The Morgan fingerprint density at radius 2 is 2.23 bits per heavy atom. The zero-order chi connectivity index (χ0) is 10.0. The van der Waals surface area contributed by atoms with Crippen LogP contribution in [0.25, 0.3) is 0 Å². The van der Waals surface area contributed by atoms with Gasteiger partial charge in [-0.25, -0.2) is 4.98 Å². The smallest absolute Gasteiger partial charge is 0.323 e. The zero-order valence-electron chi connectivity index (χ0n) is 7.44. The number of hydrogen-bond donors (Lipinski definition) is 1. The van der Waals surface area contributed by atoms with Gasteiger partial charge in [-0.3, -0.25) is 14.2 Å². The van der Waals surface area contributed by atoms with Gasteiger partial charge in [0.1, 0.15) is 6.54 Å². The Balaban J connectivity index is 3.19. The van der Waals surface area contributed by atoms with Crippen LogP contribution < -0.4 is 5.56 Å². The molecule has 5 heteroatoms. The Morgan fingerprint density at radius 1 is 1.62 bits per heavy atom. The lowest BCUT2D eigenvalue weighted by Gasteiger charge is -2.03. The number of nitrogens with zero attached hydrogens (tertiary/aromatic N) is 2. The monoisotopic (exact) mass is 182 g/mol. The first-order valence-electron chi connectivity index (χ1n) is 3.77. The molecule has 1 N–H and O–H groups in total. The minimum absolute atomic E-state index is 0.296. The van der Waals surface area contributed by atoms with Gasteiger partial charge in [-0.15, -0.1) is 0 Å². The number of hydrogen-bond acceptors (Lipinski definition) is 3. The summed E-state index contributed by atoms with van der Waals surface area (Å²) in [6, 6.07) is 0. The standard InChI is InChI=1S/C8H10N2O3/c1-5-6(2)9-4-10(8(5)13)3-7(11)12/h4H,3H2,1-2H3,(H,11,12). The van der Waals surface area contributed by atoms with E-state index in [-0.39, 0.29) is 12.1 Å². The summed E-state index contributed by atoms with van der Waals surface area (Å²) in [5.41, 5.74) is 0.824. The van der Waals surface area contributed by atoms with Gasteiger partial charge >= 0.3 is 5.97 Å². The molecule has 0 saturated heterocycles. The minimum Gasteiger partial charge on any atom is -0.480 e. The van der Waals surface area contributed by atoms with Crippen LogP contribution in [0, 0.1) is 13.8 Å².